The minimum absolute atomic E-state index is 0.149. The van der Waals surface area contributed by atoms with E-state index < -0.39 is 0 Å². The van der Waals surface area contributed by atoms with E-state index in [1.165, 1.54) is 25.7 Å². The van der Waals surface area contributed by atoms with Gasteiger partial charge < -0.3 is 9.80 Å². The Kier molecular flexibility index (Phi) is 3.50. The zero-order chi connectivity index (χ0) is 13.5. The Balaban J connectivity index is 1.74. The predicted octanol–water partition coefficient (Wildman–Crippen LogP) is 1.50. The summed E-state index contributed by atoms with van der Waals surface area (Å²) in [5, 5.41) is 0. The van der Waals surface area contributed by atoms with Gasteiger partial charge in [0, 0.05) is 17.8 Å². The average molecular weight is 282 g/mol. The third-order valence-corrected chi connectivity index (χ3v) is 6.33. The van der Waals surface area contributed by atoms with Gasteiger partial charge in [-0.05, 0) is 31.9 Å². The molecule has 3 fully saturated rings. The molecule has 4 nitrogen and oxygen atoms in total. The number of nitrogens with zero attached hydrogens (tertiary/aromatic N) is 2. The molecule has 2 heterocycles. The van der Waals surface area contributed by atoms with Crippen molar-refractivity contribution in [3.8, 4) is 0 Å². The first kappa shape index (κ1) is 13.3. The van der Waals surface area contributed by atoms with Crippen LogP contribution in [0.5, 0.6) is 0 Å². The highest BCUT2D eigenvalue weighted by Crippen LogP contribution is 2.41. The molecule has 0 aromatic carbocycles. The van der Waals surface area contributed by atoms with Gasteiger partial charge >= 0.3 is 0 Å². The maximum Gasteiger partial charge on any atom is 0.245 e. The van der Waals surface area contributed by atoms with Gasteiger partial charge in [-0.1, -0.05) is 12.8 Å². The molecule has 5 heteroatoms. The molecule has 0 aromatic rings. The SMILES string of the molecule is CSC1(CN2CC(=O)N3CCCC3C2=O)CCCC1. The highest BCUT2D eigenvalue weighted by Gasteiger charge is 2.45. The lowest BCUT2D eigenvalue weighted by molar-refractivity contribution is -0.153. The summed E-state index contributed by atoms with van der Waals surface area (Å²) in [7, 11) is 0. The summed E-state index contributed by atoms with van der Waals surface area (Å²) >= 11 is 1.88. The number of piperazine rings is 1. The minimum atomic E-state index is -0.151. The fourth-order valence-corrected chi connectivity index (χ4v) is 4.77. The number of rotatable bonds is 3. The third-order valence-electron chi connectivity index (χ3n) is 4.92. The number of hydrogen-bond acceptors (Lipinski definition) is 3. The Morgan fingerprint density at radius 3 is 2.68 bits per heavy atom. The molecule has 1 unspecified atom stereocenters. The highest BCUT2D eigenvalue weighted by molar-refractivity contribution is 8.00. The molecule has 3 aliphatic rings. The molecular weight excluding hydrogens is 260 g/mol. The summed E-state index contributed by atoms with van der Waals surface area (Å²) in [5.74, 6) is 0.341. The molecule has 0 aromatic heterocycles. The molecule has 2 saturated heterocycles. The monoisotopic (exact) mass is 282 g/mol. The normalized spacial score (nSPS) is 30.1. The molecule has 0 N–H and O–H groups in total. The van der Waals surface area contributed by atoms with E-state index in [1.807, 2.05) is 16.7 Å². The first-order chi connectivity index (χ1) is 9.15. The summed E-state index contributed by atoms with van der Waals surface area (Å²) < 4.78 is 0.205. The van der Waals surface area contributed by atoms with Crippen LogP contribution in [0.1, 0.15) is 38.5 Å². The van der Waals surface area contributed by atoms with Gasteiger partial charge in [0.15, 0.2) is 0 Å². The van der Waals surface area contributed by atoms with Crippen molar-refractivity contribution in [2.75, 3.05) is 25.9 Å². The summed E-state index contributed by atoms with van der Waals surface area (Å²) in [4.78, 5) is 28.3. The van der Waals surface area contributed by atoms with Crippen LogP contribution < -0.4 is 0 Å². The highest BCUT2D eigenvalue weighted by atomic mass is 32.2. The molecule has 1 atom stereocenters. The molecule has 0 radical (unpaired) electrons. The molecular formula is C14H22N2O2S. The lowest BCUT2D eigenvalue weighted by Crippen LogP contribution is -2.59. The molecule has 106 valence electrons. The van der Waals surface area contributed by atoms with Gasteiger partial charge in [-0.2, -0.15) is 11.8 Å². The van der Waals surface area contributed by atoms with Crippen molar-refractivity contribution in [2.24, 2.45) is 0 Å². The molecule has 3 rings (SSSR count). The van der Waals surface area contributed by atoms with E-state index in [-0.39, 0.29) is 22.6 Å². The average Bonchev–Trinajstić information content (AvgIpc) is 3.05. The number of fused-ring (bicyclic) bond motifs is 1. The maximum atomic E-state index is 12.5. The van der Waals surface area contributed by atoms with Crippen molar-refractivity contribution in [3.05, 3.63) is 0 Å². The van der Waals surface area contributed by atoms with E-state index in [9.17, 15) is 9.59 Å². The van der Waals surface area contributed by atoms with Crippen molar-refractivity contribution in [1.29, 1.82) is 0 Å². The van der Waals surface area contributed by atoms with Gasteiger partial charge in [0.2, 0.25) is 11.8 Å². The summed E-state index contributed by atoms with van der Waals surface area (Å²) in [5.41, 5.74) is 0. The minimum Gasteiger partial charge on any atom is -0.330 e. The summed E-state index contributed by atoms with van der Waals surface area (Å²) in [6, 6.07) is -0.151. The van der Waals surface area contributed by atoms with E-state index in [2.05, 4.69) is 6.26 Å². The van der Waals surface area contributed by atoms with E-state index >= 15 is 0 Å². The molecule has 0 bridgehead atoms. The van der Waals surface area contributed by atoms with Crippen LogP contribution in [0.25, 0.3) is 0 Å². The number of carbonyl (C=O) groups excluding carboxylic acids is 2. The summed E-state index contributed by atoms with van der Waals surface area (Å²) in [6.07, 6.45) is 8.85. The van der Waals surface area contributed by atoms with Crippen LogP contribution >= 0.6 is 11.8 Å². The van der Waals surface area contributed by atoms with Crippen LogP contribution in [0.15, 0.2) is 0 Å². The van der Waals surface area contributed by atoms with Gasteiger partial charge in [0.25, 0.3) is 0 Å². The largest absolute Gasteiger partial charge is 0.330 e. The molecule has 1 saturated carbocycles. The van der Waals surface area contributed by atoms with Crippen LogP contribution in [0.4, 0.5) is 0 Å². The number of carbonyl (C=O) groups is 2. The van der Waals surface area contributed by atoms with Crippen molar-refractivity contribution < 1.29 is 9.59 Å². The van der Waals surface area contributed by atoms with Crippen LogP contribution in [0.3, 0.4) is 0 Å². The second-order valence-corrected chi connectivity index (χ2v) is 7.31. The predicted molar refractivity (Wildman–Crippen MR) is 76.0 cm³/mol. The fraction of sp³-hybridized carbons (Fsp3) is 0.857. The number of hydrogen-bond donors (Lipinski definition) is 0. The zero-order valence-electron chi connectivity index (χ0n) is 11.6. The molecule has 1 aliphatic carbocycles. The Morgan fingerprint density at radius 1 is 1.26 bits per heavy atom. The fourth-order valence-electron chi connectivity index (χ4n) is 3.79. The maximum absolute atomic E-state index is 12.5. The number of amides is 2. The van der Waals surface area contributed by atoms with E-state index in [0.717, 1.165) is 25.9 Å². The van der Waals surface area contributed by atoms with Crippen LogP contribution in [0.2, 0.25) is 0 Å². The lowest BCUT2D eigenvalue weighted by atomic mass is 10.0. The molecule has 19 heavy (non-hydrogen) atoms. The molecule has 2 aliphatic heterocycles. The number of thioether (sulfide) groups is 1. The van der Waals surface area contributed by atoms with E-state index in [4.69, 9.17) is 0 Å². The topological polar surface area (TPSA) is 40.6 Å². The van der Waals surface area contributed by atoms with Gasteiger partial charge in [-0.25, -0.2) is 0 Å². The second-order valence-electron chi connectivity index (χ2n) is 6.03. The summed E-state index contributed by atoms with van der Waals surface area (Å²) in [6.45, 7) is 1.84. The van der Waals surface area contributed by atoms with E-state index in [0.29, 0.717) is 6.54 Å². The van der Waals surface area contributed by atoms with Crippen LogP contribution in [-0.4, -0.2) is 58.3 Å². The third kappa shape index (κ3) is 2.26. The van der Waals surface area contributed by atoms with Crippen LogP contribution in [0, 0.1) is 0 Å². The second kappa shape index (κ2) is 5.00. The molecule has 0 spiro atoms. The Hall–Kier alpha value is -0.710. The Labute approximate surface area is 118 Å². The van der Waals surface area contributed by atoms with Crippen LogP contribution in [-0.2, 0) is 9.59 Å². The first-order valence-corrected chi connectivity index (χ1v) is 8.51. The van der Waals surface area contributed by atoms with Crippen molar-refractivity contribution in [3.63, 3.8) is 0 Å². The first-order valence-electron chi connectivity index (χ1n) is 7.29. The lowest BCUT2D eigenvalue weighted by Gasteiger charge is -2.40. The van der Waals surface area contributed by atoms with Gasteiger partial charge in [-0.15, -0.1) is 0 Å². The smallest absolute Gasteiger partial charge is 0.245 e. The standard InChI is InChI=1S/C14H22N2O2S/c1-19-14(6-2-3-7-14)10-15-9-12(17)16-8-4-5-11(16)13(15)18/h11H,2-10H2,1H3. The van der Waals surface area contributed by atoms with Crippen molar-refractivity contribution >= 4 is 23.6 Å². The Bertz CT molecular complexity index is 393. The zero-order valence-corrected chi connectivity index (χ0v) is 12.4. The van der Waals surface area contributed by atoms with Gasteiger partial charge in [-0.3, -0.25) is 9.59 Å². The van der Waals surface area contributed by atoms with Gasteiger partial charge in [0.1, 0.15) is 6.04 Å². The van der Waals surface area contributed by atoms with Gasteiger partial charge in [0.05, 0.1) is 6.54 Å². The Morgan fingerprint density at radius 2 is 2.00 bits per heavy atom. The van der Waals surface area contributed by atoms with Crippen molar-refractivity contribution in [1.82, 2.24) is 9.80 Å². The van der Waals surface area contributed by atoms with E-state index in [1.54, 1.807) is 4.90 Å². The quantitative estimate of drug-likeness (QED) is 0.787. The molecule has 2 amide bonds. The van der Waals surface area contributed by atoms with Crippen molar-refractivity contribution in [2.45, 2.75) is 49.3 Å².